The third kappa shape index (κ3) is 3.18. The molecule has 5 heteroatoms. The largest absolute Gasteiger partial charge is 0.481 e. The lowest BCUT2D eigenvalue weighted by Gasteiger charge is -2.10. The summed E-state index contributed by atoms with van der Waals surface area (Å²) in [6, 6.07) is 7.54. The fourth-order valence-corrected chi connectivity index (χ4v) is 2.33. The van der Waals surface area contributed by atoms with E-state index in [9.17, 15) is 9.59 Å². The summed E-state index contributed by atoms with van der Waals surface area (Å²) in [5, 5.41) is 13.3. The van der Waals surface area contributed by atoms with Crippen LogP contribution in [0.3, 0.4) is 0 Å². The topological polar surface area (TPSA) is 72.2 Å². The molecule has 0 radical (unpaired) electrons. The monoisotopic (exact) mass is 286 g/mol. The molecular formula is C16H18N2O3. The van der Waals surface area contributed by atoms with Gasteiger partial charge < -0.3 is 5.11 Å². The Balaban J connectivity index is 2.63. The van der Waals surface area contributed by atoms with Crippen LogP contribution >= 0.6 is 0 Å². The van der Waals surface area contributed by atoms with Crippen LogP contribution in [0.1, 0.15) is 23.6 Å². The standard InChI is InChI=1S/C16H18N2O3/c1-4-18-16(21)12(9-15(19)20)8-14(17-18)13-6-5-10(2)7-11(13)3/h5-8H,4,9H2,1-3H3,(H,19,20). The maximum Gasteiger partial charge on any atom is 0.308 e. The second-order valence-corrected chi connectivity index (χ2v) is 5.06. The van der Waals surface area contributed by atoms with Crippen LogP contribution in [0.25, 0.3) is 11.3 Å². The lowest BCUT2D eigenvalue weighted by molar-refractivity contribution is -0.136. The highest BCUT2D eigenvalue weighted by molar-refractivity contribution is 5.71. The smallest absolute Gasteiger partial charge is 0.308 e. The summed E-state index contributed by atoms with van der Waals surface area (Å²) in [7, 11) is 0. The van der Waals surface area contributed by atoms with Gasteiger partial charge in [-0.3, -0.25) is 9.59 Å². The second-order valence-electron chi connectivity index (χ2n) is 5.06. The molecule has 1 heterocycles. The molecule has 1 N–H and O–H groups in total. The van der Waals surface area contributed by atoms with Gasteiger partial charge in [0.25, 0.3) is 5.56 Å². The van der Waals surface area contributed by atoms with Crippen molar-refractivity contribution in [3.05, 3.63) is 51.3 Å². The van der Waals surface area contributed by atoms with Gasteiger partial charge in [0.15, 0.2) is 0 Å². The first-order valence-electron chi connectivity index (χ1n) is 6.82. The zero-order valence-electron chi connectivity index (χ0n) is 12.4. The Morgan fingerprint density at radius 3 is 2.57 bits per heavy atom. The van der Waals surface area contributed by atoms with Crippen LogP contribution in [0, 0.1) is 13.8 Å². The van der Waals surface area contributed by atoms with Crippen molar-refractivity contribution < 1.29 is 9.90 Å². The van der Waals surface area contributed by atoms with Crippen molar-refractivity contribution >= 4 is 5.97 Å². The van der Waals surface area contributed by atoms with Gasteiger partial charge >= 0.3 is 5.97 Å². The Morgan fingerprint density at radius 1 is 1.29 bits per heavy atom. The predicted octanol–water partition coefficient (Wildman–Crippen LogP) is 2.17. The van der Waals surface area contributed by atoms with Crippen LogP contribution < -0.4 is 5.56 Å². The molecule has 21 heavy (non-hydrogen) atoms. The van der Waals surface area contributed by atoms with E-state index in [1.54, 1.807) is 6.07 Å². The molecule has 0 saturated carbocycles. The van der Waals surface area contributed by atoms with Gasteiger partial charge in [-0.25, -0.2) is 4.68 Å². The van der Waals surface area contributed by atoms with E-state index in [-0.39, 0.29) is 17.5 Å². The molecule has 0 unspecified atom stereocenters. The van der Waals surface area contributed by atoms with Gasteiger partial charge in [-0.1, -0.05) is 23.8 Å². The molecule has 110 valence electrons. The highest BCUT2D eigenvalue weighted by Gasteiger charge is 2.13. The van der Waals surface area contributed by atoms with Crippen molar-refractivity contribution in [3.63, 3.8) is 0 Å². The molecule has 2 aromatic rings. The summed E-state index contributed by atoms with van der Waals surface area (Å²) < 4.78 is 1.31. The van der Waals surface area contributed by atoms with E-state index in [1.165, 1.54) is 4.68 Å². The minimum Gasteiger partial charge on any atom is -0.481 e. The molecule has 0 aliphatic rings. The summed E-state index contributed by atoms with van der Waals surface area (Å²) in [6.07, 6.45) is -0.292. The van der Waals surface area contributed by atoms with Gasteiger partial charge in [-0.2, -0.15) is 5.10 Å². The van der Waals surface area contributed by atoms with Crippen molar-refractivity contribution in [1.29, 1.82) is 0 Å². The number of carbonyl (C=O) groups is 1. The number of carboxylic acid groups (broad SMARTS) is 1. The van der Waals surface area contributed by atoms with Crippen LogP contribution in [0.2, 0.25) is 0 Å². The normalized spacial score (nSPS) is 10.6. The van der Waals surface area contributed by atoms with Gasteiger partial charge in [0.05, 0.1) is 12.1 Å². The van der Waals surface area contributed by atoms with Gasteiger partial charge in [0, 0.05) is 17.7 Å². The number of benzene rings is 1. The lowest BCUT2D eigenvalue weighted by atomic mass is 10.0. The quantitative estimate of drug-likeness (QED) is 0.935. The first-order valence-corrected chi connectivity index (χ1v) is 6.82. The average Bonchev–Trinajstić information content (AvgIpc) is 2.41. The van der Waals surface area contributed by atoms with E-state index >= 15 is 0 Å². The molecule has 0 aliphatic carbocycles. The Bertz CT molecular complexity index is 748. The van der Waals surface area contributed by atoms with Crippen LogP contribution in [-0.4, -0.2) is 20.9 Å². The number of aryl methyl sites for hydroxylation is 3. The summed E-state index contributed by atoms with van der Waals surface area (Å²) >= 11 is 0. The van der Waals surface area contributed by atoms with E-state index in [0.29, 0.717) is 12.2 Å². The summed E-state index contributed by atoms with van der Waals surface area (Å²) in [6.45, 7) is 6.20. The second kappa shape index (κ2) is 5.91. The summed E-state index contributed by atoms with van der Waals surface area (Å²) in [5.41, 5.74) is 3.65. The van der Waals surface area contributed by atoms with E-state index in [2.05, 4.69) is 5.10 Å². The fourth-order valence-electron chi connectivity index (χ4n) is 2.33. The average molecular weight is 286 g/mol. The maximum absolute atomic E-state index is 12.1. The third-order valence-corrected chi connectivity index (χ3v) is 3.35. The van der Waals surface area contributed by atoms with Gasteiger partial charge in [0.1, 0.15) is 0 Å². The van der Waals surface area contributed by atoms with Crippen LogP contribution in [0.15, 0.2) is 29.1 Å². The first kappa shape index (κ1) is 15.0. The molecule has 1 aromatic heterocycles. The number of aromatic nitrogens is 2. The van der Waals surface area contributed by atoms with Gasteiger partial charge in [-0.15, -0.1) is 0 Å². The number of aliphatic carboxylic acids is 1. The summed E-state index contributed by atoms with van der Waals surface area (Å²) in [5.74, 6) is -1.02. The molecule has 0 aliphatic heterocycles. The molecule has 0 bridgehead atoms. The number of hydrogen-bond acceptors (Lipinski definition) is 3. The van der Waals surface area contributed by atoms with E-state index < -0.39 is 5.97 Å². The third-order valence-electron chi connectivity index (χ3n) is 3.35. The molecule has 0 spiro atoms. The highest BCUT2D eigenvalue weighted by Crippen LogP contribution is 2.22. The van der Waals surface area contributed by atoms with Crippen LogP contribution in [0.4, 0.5) is 0 Å². The first-order chi connectivity index (χ1) is 9.92. The van der Waals surface area contributed by atoms with Crippen molar-refractivity contribution in [3.8, 4) is 11.3 Å². The van der Waals surface area contributed by atoms with Gasteiger partial charge in [0.2, 0.25) is 0 Å². The van der Waals surface area contributed by atoms with Crippen LogP contribution in [-0.2, 0) is 17.8 Å². The Kier molecular flexibility index (Phi) is 4.21. The molecule has 0 amide bonds. The fraction of sp³-hybridized carbons (Fsp3) is 0.312. The minimum absolute atomic E-state index is 0.259. The lowest BCUT2D eigenvalue weighted by Crippen LogP contribution is -2.27. The van der Waals surface area contributed by atoms with E-state index in [4.69, 9.17) is 5.11 Å². The van der Waals surface area contributed by atoms with Gasteiger partial charge in [-0.05, 0) is 32.4 Å². The van der Waals surface area contributed by atoms with Crippen molar-refractivity contribution in [2.24, 2.45) is 0 Å². The molecular weight excluding hydrogens is 268 g/mol. The number of rotatable bonds is 4. The molecule has 1 aromatic carbocycles. The van der Waals surface area contributed by atoms with Crippen molar-refractivity contribution in [1.82, 2.24) is 9.78 Å². The van der Waals surface area contributed by atoms with Crippen molar-refractivity contribution in [2.75, 3.05) is 0 Å². The number of nitrogens with zero attached hydrogens (tertiary/aromatic N) is 2. The number of carboxylic acids is 1. The number of hydrogen-bond donors (Lipinski definition) is 1. The predicted molar refractivity (Wildman–Crippen MR) is 80.4 cm³/mol. The van der Waals surface area contributed by atoms with Crippen LogP contribution in [0.5, 0.6) is 0 Å². The molecule has 0 atom stereocenters. The Hall–Kier alpha value is -2.43. The molecule has 0 saturated heterocycles. The SMILES string of the molecule is CCn1nc(-c2ccc(C)cc2C)cc(CC(=O)O)c1=O. The minimum atomic E-state index is -1.02. The molecule has 0 fully saturated rings. The maximum atomic E-state index is 12.1. The van der Waals surface area contributed by atoms with E-state index in [0.717, 1.165) is 16.7 Å². The zero-order chi connectivity index (χ0) is 15.6. The molecule has 2 rings (SSSR count). The molecule has 5 nitrogen and oxygen atoms in total. The van der Waals surface area contributed by atoms with E-state index in [1.807, 2.05) is 39.0 Å². The summed E-state index contributed by atoms with van der Waals surface area (Å²) in [4.78, 5) is 23.0. The zero-order valence-corrected chi connectivity index (χ0v) is 12.4. The Labute approximate surface area is 122 Å². The Morgan fingerprint density at radius 2 is 2.00 bits per heavy atom. The van der Waals surface area contributed by atoms with Crippen molar-refractivity contribution in [2.45, 2.75) is 33.7 Å². The highest BCUT2D eigenvalue weighted by atomic mass is 16.4.